The Morgan fingerprint density at radius 2 is 1.21 bits per heavy atom. The average Bonchev–Trinajstić information content (AvgIpc) is 3.44. The van der Waals surface area contributed by atoms with Gasteiger partial charge in [0, 0.05) is 38.3 Å². The second kappa shape index (κ2) is 9.03. The van der Waals surface area contributed by atoms with E-state index < -0.39 is 18.3 Å². The van der Waals surface area contributed by atoms with Crippen LogP contribution in [0.1, 0.15) is 27.7 Å². The molecule has 0 N–H and O–H groups in total. The molecule has 0 radical (unpaired) electrons. The van der Waals surface area contributed by atoms with Gasteiger partial charge in [-0.1, -0.05) is 84.9 Å². The van der Waals surface area contributed by atoms with Gasteiger partial charge in [-0.05, 0) is 63.4 Å². The van der Waals surface area contributed by atoms with E-state index in [4.69, 9.17) is 14.3 Å². The molecular weight excluding hydrogens is 515 g/mol. The fourth-order valence-electron chi connectivity index (χ4n) is 6.34. The van der Waals surface area contributed by atoms with Crippen LogP contribution in [0.5, 0.6) is 0 Å². The monoisotopic (exact) mass is 546 g/mol. The Morgan fingerprint density at radius 3 is 1.95 bits per heavy atom. The van der Waals surface area contributed by atoms with Gasteiger partial charge in [0.2, 0.25) is 0 Å². The molecule has 204 valence electrons. The lowest BCUT2D eigenvalue weighted by Crippen LogP contribution is -2.41. The van der Waals surface area contributed by atoms with Crippen molar-refractivity contribution >= 4 is 56.1 Å². The van der Waals surface area contributed by atoms with E-state index in [0.29, 0.717) is 0 Å². The minimum absolute atomic E-state index is 0.440. The van der Waals surface area contributed by atoms with E-state index in [1.54, 1.807) is 0 Å². The highest BCUT2D eigenvalue weighted by Gasteiger charge is 2.52. The van der Waals surface area contributed by atoms with Gasteiger partial charge in [-0.3, -0.25) is 0 Å². The molecule has 0 unspecified atom stereocenters. The Labute approximate surface area is 245 Å². The fraction of sp³-hybridized carbons (Fsp3) is 0.162. The Hall–Kier alpha value is -4.45. The van der Waals surface area contributed by atoms with Gasteiger partial charge >= 0.3 is 7.12 Å². The van der Waals surface area contributed by atoms with Gasteiger partial charge in [0.05, 0.1) is 33.4 Å². The molecule has 0 atom stereocenters. The van der Waals surface area contributed by atoms with Crippen LogP contribution in [0, 0.1) is 0 Å². The zero-order valence-corrected chi connectivity index (χ0v) is 24.3. The standard InChI is InChI=1S/C37H31BN2O2/c1-36(2)37(3,4)42-38(41-36)31-20-13-19-27-28-22-29-26-18-11-12-21-32(26)40(25-16-9-6-10-17-25)33(29)23-30(28)34(39-35(27)31)24-14-7-5-8-15-24/h5-23H,1-4H3. The lowest BCUT2D eigenvalue weighted by atomic mass is 9.77. The summed E-state index contributed by atoms with van der Waals surface area (Å²) in [6.07, 6.45) is 0. The van der Waals surface area contributed by atoms with E-state index in [9.17, 15) is 0 Å². The largest absolute Gasteiger partial charge is 0.497 e. The van der Waals surface area contributed by atoms with Gasteiger partial charge in [-0.15, -0.1) is 0 Å². The summed E-state index contributed by atoms with van der Waals surface area (Å²) in [5, 5.41) is 5.82. The number of hydrogen-bond acceptors (Lipinski definition) is 3. The van der Waals surface area contributed by atoms with Crippen LogP contribution in [0.25, 0.3) is 60.4 Å². The number of rotatable bonds is 3. The lowest BCUT2D eigenvalue weighted by Gasteiger charge is -2.32. The van der Waals surface area contributed by atoms with Gasteiger partial charge < -0.3 is 13.9 Å². The number of pyridine rings is 1. The van der Waals surface area contributed by atoms with Gasteiger partial charge in [0.25, 0.3) is 0 Å². The quantitative estimate of drug-likeness (QED) is 0.165. The molecule has 0 aliphatic carbocycles. The molecule has 0 amide bonds. The topological polar surface area (TPSA) is 36.3 Å². The molecule has 1 aliphatic heterocycles. The van der Waals surface area contributed by atoms with Crippen molar-refractivity contribution in [3.8, 4) is 16.9 Å². The summed E-state index contributed by atoms with van der Waals surface area (Å²) in [5.74, 6) is 0. The molecular formula is C37H31BN2O2. The molecule has 0 bridgehead atoms. The highest BCUT2D eigenvalue weighted by atomic mass is 16.7. The van der Waals surface area contributed by atoms with Crippen molar-refractivity contribution in [2.45, 2.75) is 38.9 Å². The summed E-state index contributed by atoms with van der Waals surface area (Å²) in [6, 6.07) is 40.8. The molecule has 4 nitrogen and oxygen atoms in total. The summed E-state index contributed by atoms with van der Waals surface area (Å²) in [7, 11) is -0.504. The third kappa shape index (κ3) is 3.67. The second-order valence-corrected chi connectivity index (χ2v) is 12.3. The summed E-state index contributed by atoms with van der Waals surface area (Å²) in [6.45, 7) is 8.37. The summed E-state index contributed by atoms with van der Waals surface area (Å²) in [4.78, 5) is 5.41. The molecule has 3 heterocycles. The number of nitrogens with zero attached hydrogens (tertiary/aromatic N) is 2. The second-order valence-electron chi connectivity index (χ2n) is 12.3. The molecule has 7 aromatic rings. The van der Waals surface area contributed by atoms with E-state index in [2.05, 4.69) is 141 Å². The fourth-order valence-corrected chi connectivity index (χ4v) is 6.34. The van der Waals surface area contributed by atoms with Crippen molar-refractivity contribution in [3.05, 3.63) is 115 Å². The van der Waals surface area contributed by atoms with Crippen LogP contribution < -0.4 is 5.46 Å². The molecule has 8 rings (SSSR count). The minimum Gasteiger partial charge on any atom is -0.399 e. The van der Waals surface area contributed by atoms with Crippen molar-refractivity contribution in [1.29, 1.82) is 0 Å². The maximum Gasteiger partial charge on any atom is 0.497 e. The molecule has 2 aromatic heterocycles. The Morgan fingerprint density at radius 1 is 0.571 bits per heavy atom. The van der Waals surface area contributed by atoms with E-state index in [0.717, 1.165) is 44.2 Å². The number of aromatic nitrogens is 2. The summed E-state index contributed by atoms with van der Waals surface area (Å²) in [5.41, 5.74) is 6.51. The highest BCUT2D eigenvalue weighted by molar-refractivity contribution is 6.65. The molecule has 0 saturated carbocycles. The Bertz CT molecular complexity index is 2130. The SMILES string of the molecule is CC1(C)OB(c2cccc3c2nc(-c2ccccc2)c2cc4c(cc23)c2ccccc2n4-c2ccccc2)OC1(C)C. The highest BCUT2D eigenvalue weighted by Crippen LogP contribution is 2.41. The van der Waals surface area contributed by atoms with Crippen LogP contribution in [-0.2, 0) is 9.31 Å². The van der Waals surface area contributed by atoms with E-state index in [1.165, 1.54) is 21.7 Å². The van der Waals surface area contributed by atoms with Crippen LogP contribution in [0.2, 0.25) is 0 Å². The van der Waals surface area contributed by atoms with E-state index in [-0.39, 0.29) is 0 Å². The number of hydrogen-bond donors (Lipinski definition) is 0. The van der Waals surface area contributed by atoms with Gasteiger partial charge in [0.1, 0.15) is 0 Å². The summed E-state index contributed by atoms with van der Waals surface area (Å²) >= 11 is 0. The first kappa shape index (κ1) is 25.3. The number of fused-ring (bicyclic) bond motifs is 6. The molecule has 5 aromatic carbocycles. The van der Waals surface area contributed by atoms with Crippen molar-refractivity contribution in [2.75, 3.05) is 0 Å². The minimum atomic E-state index is -0.504. The molecule has 42 heavy (non-hydrogen) atoms. The van der Waals surface area contributed by atoms with Crippen molar-refractivity contribution in [2.24, 2.45) is 0 Å². The van der Waals surface area contributed by atoms with Gasteiger partial charge in [-0.2, -0.15) is 0 Å². The van der Waals surface area contributed by atoms with Crippen molar-refractivity contribution in [1.82, 2.24) is 9.55 Å². The predicted molar refractivity (Wildman–Crippen MR) is 175 cm³/mol. The molecule has 1 saturated heterocycles. The van der Waals surface area contributed by atoms with Crippen LogP contribution in [-0.4, -0.2) is 27.9 Å². The maximum atomic E-state index is 6.53. The average molecular weight is 546 g/mol. The lowest BCUT2D eigenvalue weighted by molar-refractivity contribution is 0.00578. The smallest absolute Gasteiger partial charge is 0.399 e. The molecule has 0 spiro atoms. The van der Waals surface area contributed by atoms with E-state index >= 15 is 0 Å². The zero-order valence-electron chi connectivity index (χ0n) is 24.3. The van der Waals surface area contributed by atoms with Crippen molar-refractivity contribution < 1.29 is 9.31 Å². The van der Waals surface area contributed by atoms with Crippen molar-refractivity contribution in [3.63, 3.8) is 0 Å². The Balaban J connectivity index is 1.50. The van der Waals surface area contributed by atoms with Crippen LogP contribution in [0.4, 0.5) is 0 Å². The molecule has 1 fully saturated rings. The zero-order chi connectivity index (χ0) is 28.6. The van der Waals surface area contributed by atoms with Gasteiger partial charge in [0.15, 0.2) is 0 Å². The number of benzene rings is 5. The molecule has 1 aliphatic rings. The number of para-hydroxylation sites is 3. The van der Waals surface area contributed by atoms with Gasteiger partial charge in [-0.25, -0.2) is 4.98 Å². The first-order valence-electron chi connectivity index (χ1n) is 14.6. The van der Waals surface area contributed by atoms with E-state index in [1.807, 2.05) is 6.07 Å². The summed E-state index contributed by atoms with van der Waals surface area (Å²) < 4.78 is 15.4. The Kier molecular flexibility index (Phi) is 5.43. The third-order valence-corrected chi connectivity index (χ3v) is 9.22. The first-order chi connectivity index (χ1) is 20.3. The third-order valence-electron chi connectivity index (χ3n) is 9.22. The molecule has 5 heteroatoms. The predicted octanol–water partition coefficient (Wildman–Crippen LogP) is 8.45. The first-order valence-corrected chi connectivity index (χ1v) is 14.6. The van der Waals surface area contributed by atoms with Crippen LogP contribution >= 0.6 is 0 Å². The van der Waals surface area contributed by atoms with Crippen LogP contribution in [0.3, 0.4) is 0 Å². The van der Waals surface area contributed by atoms with Crippen LogP contribution in [0.15, 0.2) is 115 Å². The normalized spacial score (nSPS) is 16.2. The maximum absolute atomic E-state index is 6.53.